The molecule has 0 spiro atoms. The summed E-state index contributed by atoms with van der Waals surface area (Å²) in [6.45, 7) is 4.00. The number of hydroxylamine groups is 1. The van der Waals surface area contributed by atoms with E-state index in [0.717, 1.165) is 0 Å². The van der Waals surface area contributed by atoms with E-state index in [9.17, 15) is 0 Å². The Bertz CT molecular complexity index is 76.4. The van der Waals surface area contributed by atoms with Gasteiger partial charge in [0.2, 0.25) is 0 Å². The van der Waals surface area contributed by atoms with Gasteiger partial charge in [0.15, 0.2) is 0 Å². The number of hydrogen-bond acceptors (Lipinski definition) is 3. The average Bonchev–Trinajstić information content (AvgIpc) is 1.96. The maximum Gasteiger partial charge on any atom is 0.137 e. The van der Waals surface area contributed by atoms with Crippen molar-refractivity contribution in [2.75, 3.05) is 0 Å². The monoisotopic (exact) mass is 114 g/mol. The van der Waals surface area contributed by atoms with Gasteiger partial charge >= 0.3 is 0 Å². The molecule has 0 saturated heterocycles. The minimum absolute atomic E-state index is 1.46. The molecule has 1 N–H and O–H groups in total. The summed E-state index contributed by atoms with van der Waals surface area (Å²) in [7, 11) is 0. The number of hydrogen-bond donors (Lipinski definition) is 1. The first kappa shape index (κ1) is 7.01. The van der Waals surface area contributed by atoms with Gasteiger partial charge in [-0.3, -0.25) is 0 Å². The standard InChI is InChI=1S/C3H4N2O.C2H6/c1-2-6-5-3-4-1;1-2/h1-3H,(H,4,5);1-2H3. The normalized spacial score (nSPS) is 12.8. The topological polar surface area (TPSA) is 33.6 Å². The fraction of sp³-hybridized carbons (Fsp3) is 0.400. The van der Waals surface area contributed by atoms with Gasteiger partial charge in [-0.15, -0.1) is 0 Å². The lowest BCUT2D eigenvalue weighted by Gasteiger charge is -1.96. The number of nitrogens with zero attached hydrogens (tertiary/aromatic N) is 1. The molecule has 1 rings (SSSR count). The number of aliphatic imine (C=N–C) groups is 1. The molecule has 8 heavy (non-hydrogen) atoms. The summed E-state index contributed by atoms with van der Waals surface area (Å²) in [5, 5.41) is 0. The highest BCUT2D eigenvalue weighted by Crippen LogP contribution is 1.76. The van der Waals surface area contributed by atoms with Crippen molar-refractivity contribution in [2.24, 2.45) is 4.99 Å². The predicted octanol–water partition coefficient (Wildman–Crippen LogP) is 1.05. The lowest BCUT2D eigenvalue weighted by Crippen LogP contribution is -2.08. The maximum absolute atomic E-state index is 4.49. The molecule has 1 heterocycles. The molecule has 0 atom stereocenters. The quantitative estimate of drug-likeness (QED) is 0.510. The maximum atomic E-state index is 4.49. The van der Waals surface area contributed by atoms with E-state index in [-0.39, 0.29) is 0 Å². The lowest BCUT2D eigenvalue weighted by atomic mass is 10.9. The van der Waals surface area contributed by atoms with Crippen LogP contribution in [0, 0.1) is 0 Å². The molecule has 0 aliphatic carbocycles. The van der Waals surface area contributed by atoms with E-state index in [1.165, 1.54) is 12.6 Å². The Kier molecular flexibility index (Phi) is 5.27. The Balaban J connectivity index is 0.000000222. The van der Waals surface area contributed by atoms with Gasteiger partial charge in [0.1, 0.15) is 12.6 Å². The smallest absolute Gasteiger partial charge is 0.137 e. The molecule has 0 aromatic rings. The molecule has 1 aliphatic rings. The highest BCUT2D eigenvalue weighted by molar-refractivity contribution is 5.54. The Morgan fingerprint density at radius 2 is 2.25 bits per heavy atom. The SMILES string of the molecule is C1=CONC=N1.CC. The van der Waals surface area contributed by atoms with Crippen LogP contribution in [-0.4, -0.2) is 6.34 Å². The van der Waals surface area contributed by atoms with Gasteiger partial charge in [-0.25, -0.2) is 10.5 Å². The largest absolute Gasteiger partial charge is 0.387 e. The Morgan fingerprint density at radius 1 is 1.50 bits per heavy atom. The third-order valence-corrected chi connectivity index (χ3v) is 0.410. The first-order valence-corrected chi connectivity index (χ1v) is 2.58. The second kappa shape index (κ2) is 6.01. The molecule has 0 radical (unpaired) electrons. The molecule has 0 fully saturated rings. The molecule has 3 heteroatoms. The van der Waals surface area contributed by atoms with Crippen molar-refractivity contribution >= 4 is 6.34 Å². The van der Waals surface area contributed by atoms with E-state index in [1.807, 2.05) is 13.8 Å². The van der Waals surface area contributed by atoms with E-state index < -0.39 is 0 Å². The first-order chi connectivity index (χ1) is 4.00. The van der Waals surface area contributed by atoms with E-state index in [2.05, 4.69) is 15.3 Å². The van der Waals surface area contributed by atoms with Crippen molar-refractivity contribution in [1.29, 1.82) is 0 Å². The highest BCUT2D eigenvalue weighted by Gasteiger charge is 1.73. The minimum Gasteiger partial charge on any atom is -0.387 e. The Hall–Kier alpha value is -0.990. The molecular weight excluding hydrogens is 104 g/mol. The summed E-state index contributed by atoms with van der Waals surface area (Å²) < 4.78 is 0. The third kappa shape index (κ3) is 3.21. The molecule has 0 amide bonds. The van der Waals surface area contributed by atoms with Crippen LogP contribution in [0.5, 0.6) is 0 Å². The van der Waals surface area contributed by atoms with Gasteiger partial charge in [0.25, 0.3) is 0 Å². The van der Waals surface area contributed by atoms with Gasteiger partial charge in [-0.2, -0.15) is 0 Å². The molecule has 0 bridgehead atoms. The van der Waals surface area contributed by atoms with Crippen LogP contribution in [0.4, 0.5) is 0 Å². The molecule has 0 aromatic heterocycles. The van der Waals surface area contributed by atoms with Gasteiger partial charge in [-0.1, -0.05) is 13.8 Å². The average molecular weight is 114 g/mol. The highest BCUT2D eigenvalue weighted by atomic mass is 16.6. The summed E-state index contributed by atoms with van der Waals surface area (Å²) in [5.74, 6) is 0. The van der Waals surface area contributed by atoms with Crippen LogP contribution in [0.25, 0.3) is 0 Å². The Morgan fingerprint density at radius 3 is 2.38 bits per heavy atom. The second-order valence-corrected chi connectivity index (χ2v) is 0.799. The molecular formula is C5H10N2O. The Labute approximate surface area is 49.0 Å². The summed E-state index contributed by atoms with van der Waals surface area (Å²) >= 11 is 0. The molecule has 0 aromatic carbocycles. The van der Waals surface area contributed by atoms with Gasteiger partial charge in [0.05, 0.1) is 6.20 Å². The van der Waals surface area contributed by atoms with Gasteiger partial charge < -0.3 is 4.84 Å². The van der Waals surface area contributed by atoms with Crippen molar-refractivity contribution in [3.63, 3.8) is 0 Å². The van der Waals surface area contributed by atoms with Crippen molar-refractivity contribution in [1.82, 2.24) is 5.48 Å². The molecule has 3 nitrogen and oxygen atoms in total. The van der Waals surface area contributed by atoms with Crippen molar-refractivity contribution in [3.8, 4) is 0 Å². The molecule has 1 aliphatic heterocycles. The minimum atomic E-state index is 1.46. The van der Waals surface area contributed by atoms with Crippen LogP contribution in [0.2, 0.25) is 0 Å². The van der Waals surface area contributed by atoms with E-state index in [1.54, 1.807) is 6.20 Å². The van der Waals surface area contributed by atoms with Crippen LogP contribution < -0.4 is 5.48 Å². The van der Waals surface area contributed by atoms with E-state index in [4.69, 9.17) is 0 Å². The zero-order valence-corrected chi connectivity index (χ0v) is 5.09. The zero-order valence-electron chi connectivity index (χ0n) is 5.09. The number of nitrogens with one attached hydrogen (secondary N) is 1. The number of rotatable bonds is 0. The summed E-state index contributed by atoms with van der Waals surface area (Å²) in [5.41, 5.74) is 2.41. The zero-order chi connectivity index (χ0) is 6.24. The van der Waals surface area contributed by atoms with Crippen LogP contribution in [0.3, 0.4) is 0 Å². The predicted molar refractivity (Wildman–Crippen MR) is 33.2 cm³/mol. The van der Waals surface area contributed by atoms with Gasteiger partial charge in [-0.05, 0) is 0 Å². The van der Waals surface area contributed by atoms with Crippen LogP contribution in [0.1, 0.15) is 13.8 Å². The van der Waals surface area contributed by atoms with Crippen LogP contribution >= 0.6 is 0 Å². The van der Waals surface area contributed by atoms with Gasteiger partial charge in [0, 0.05) is 0 Å². The summed E-state index contributed by atoms with van der Waals surface area (Å²) in [6.07, 6.45) is 4.47. The fourth-order valence-corrected chi connectivity index (χ4v) is 0.209. The van der Waals surface area contributed by atoms with Crippen LogP contribution in [-0.2, 0) is 4.84 Å². The second-order valence-electron chi connectivity index (χ2n) is 0.799. The van der Waals surface area contributed by atoms with Crippen LogP contribution in [0.15, 0.2) is 17.5 Å². The van der Waals surface area contributed by atoms with Crippen molar-refractivity contribution in [3.05, 3.63) is 12.5 Å². The van der Waals surface area contributed by atoms with E-state index >= 15 is 0 Å². The van der Waals surface area contributed by atoms with Crippen molar-refractivity contribution in [2.45, 2.75) is 13.8 Å². The summed E-state index contributed by atoms with van der Waals surface area (Å²) in [4.78, 5) is 8.12. The first-order valence-electron chi connectivity index (χ1n) is 2.58. The molecule has 0 saturated carbocycles. The molecule has 46 valence electrons. The van der Waals surface area contributed by atoms with E-state index in [0.29, 0.717) is 0 Å². The molecule has 0 unspecified atom stereocenters. The van der Waals surface area contributed by atoms with Crippen molar-refractivity contribution < 1.29 is 4.84 Å². The lowest BCUT2D eigenvalue weighted by molar-refractivity contribution is 0.193. The summed E-state index contributed by atoms with van der Waals surface area (Å²) in [6, 6.07) is 0. The fourth-order valence-electron chi connectivity index (χ4n) is 0.209. The third-order valence-electron chi connectivity index (χ3n) is 0.410.